The van der Waals surface area contributed by atoms with E-state index in [0.29, 0.717) is 21.5 Å². The first-order chi connectivity index (χ1) is 9.31. The molecule has 0 saturated carbocycles. The van der Waals surface area contributed by atoms with E-state index in [0.717, 1.165) is 5.56 Å². The van der Waals surface area contributed by atoms with E-state index in [4.69, 9.17) is 5.73 Å². The molecular formula is C13H14BrN3O2S. The topological polar surface area (TPSA) is 85.1 Å². The Kier molecular flexibility index (Phi) is 4.01. The molecule has 20 heavy (non-hydrogen) atoms. The number of hydrogen-bond donors (Lipinski definition) is 2. The summed E-state index contributed by atoms with van der Waals surface area (Å²) in [4.78, 5) is 4.15. The van der Waals surface area contributed by atoms with Crippen molar-refractivity contribution in [2.24, 2.45) is 0 Å². The molecule has 7 heteroatoms. The number of nitrogens with one attached hydrogen (secondary N) is 1. The smallest absolute Gasteiger partial charge is 0.262 e. The number of benzene rings is 1. The number of hydrogen-bond acceptors (Lipinski definition) is 4. The Labute approximate surface area is 126 Å². The third kappa shape index (κ3) is 2.94. The molecular weight excluding hydrogens is 342 g/mol. The van der Waals surface area contributed by atoms with Crippen LogP contribution in [-0.4, -0.2) is 13.4 Å². The van der Waals surface area contributed by atoms with Crippen molar-refractivity contribution in [1.29, 1.82) is 0 Å². The van der Waals surface area contributed by atoms with Gasteiger partial charge >= 0.3 is 0 Å². The summed E-state index contributed by atoms with van der Waals surface area (Å²) in [6.45, 7) is 3.48. The van der Waals surface area contributed by atoms with Gasteiger partial charge in [-0.25, -0.2) is 13.4 Å². The lowest BCUT2D eigenvalue weighted by Crippen LogP contribution is -2.15. The number of halogens is 1. The van der Waals surface area contributed by atoms with Crippen LogP contribution in [0.1, 0.15) is 11.1 Å². The fraction of sp³-hybridized carbons (Fsp3) is 0.154. The Balaban J connectivity index is 2.49. The second-order valence-electron chi connectivity index (χ2n) is 4.42. The van der Waals surface area contributed by atoms with Crippen LogP contribution in [-0.2, 0) is 10.0 Å². The molecule has 0 aliphatic heterocycles. The lowest BCUT2D eigenvalue weighted by molar-refractivity contribution is 0.600. The van der Waals surface area contributed by atoms with E-state index in [1.54, 1.807) is 44.3 Å². The van der Waals surface area contributed by atoms with E-state index in [9.17, 15) is 8.42 Å². The average molecular weight is 356 g/mol. The van der Waals surface area contributed by atoms with Gasteiger partial charge < -0.3 is 5.73 Å². The highest BCUT2D eigenvalue weighted by molar-refractivity contribution is 9.10. The molecule has 2 aromatic rings. The van der Waals surface area contributed by atoms with Gasteiger partial charge in [-0.1, -0.05) is 0 Å². The van der Waals surface area contributed by atoms with Crippen molar-refractivity contribution >= 4 is 37.3 Å². The van der Waals surface area contributed by atoms with E-state index in [1.807, 2.05) is 0 Å². The lowest BCUT2D eigenvalue weighted by atomic mass is 10.1. The molecule has 2 rings (SSSR count). The second-order valence-corrected chi connectivity index (χ2v) is 6.83. The number of aryl methyl sites for hydroxylation is 1. The molecule has 3 N–H and O–H groups in total. The zero-order valence-corrected chi connectivity index (χ0v) is 13.4. The molecule has 0 bridgehead atoms. The van der Waals surface area contributed by atoms with Crippen molar-refractivity contribution in [1.82, 2.24) is 4.98 Å². The molecule has 0 saturated heterocycles. The maximum absolute atomic E-state index is 12.5. The largest absolute Gasteiger partial charge is 0.398 e. The van der Waals surface area contributed by atoms with E-state index in [1.165, 1.54) is 0 Å². The van der Waals surface area contributed by atoms with Crippen LogP contribution in [0.15, 0.2) is 40.0 Å². The van der Waals surface area contributed by atoms with Crippen molar-refractivity contribution in [3.05, 3.63) is 46.2 Å². The molecule has 106 valence electrons. The van der Waals surface area contributed by atoms with E-state index in [2.05, 4.69) is 25.6 Å². The van der Waals surface area contributed by atoms with Crippen LogP contribution >= 0.6 is 15.9 Å². The van der Waals surface area contributed by atoms with Crippen LogP contribution in [0, 0.1) is 13.8 Å². The fourth-order valence-corrected chi connectivity index (χ4v) is 3.70. The first-order valence-corrected chi connectivity index (χ1v) is 8.09. The van der Waals surface area contributed by atoms with Crippen LogP contribution in [0.4, 0.5) is 11.4 Å². The molecule has 0 unspecified atom stereocenters. The summed E-state index contributed by atoms with van der Waals surface area (Å²) in [6, 6.07) is 6.62. The molecule has 0 amide bonds. The Morgan fingerprint density at radius 2 is 2.00 bits per heavy atom. The van der Waals surface area contributed by atoms with Gasteiger partial charge in [-0.15, -0.1) is 0 Å². The molecule has 1 aromatic heterocycles. The minimum absolute atomic E-state index is 0.172. The highest BCUT2D eigenvalue weighted by Crippen LogP contribution is 2.27. The van der Waals surface area contributed by atoms with Gasteiger partial charge in [-0.05, 0) is 65.2 Å². The number of nitrogens with two attached hydrogens (primary N) is 1. The minimum atomic E-state index is -3.71. The summed E-state index contributed by atoms with van der Waals surface area (Å²) in [7, 11) is -3.71. The minimum Gasteiger partial charge on any atom is -0.398 e. The highest BCUT2D eigenvalue weighted by Gasteiger charge is 2.20. The van der Waals surface area contributed by atoms with Crippen LogP contribution in [0.2, 0.25) is 0 Å². The zero-order chi connectivity index (χ0) is 14.9. The molecule has 0 atom stereocenters. The molecule has 0 spiro atoms. The number of aromatic nitrogens is 1. The molecule has 0 fully saturated rings. The number of pyridine rings is 1. The van der Waals surface area contributed by atoms with E-state index < -0.39 is 10.0 Å². The van der Waals surface area contributed by atoms with Gasteiger partial charge in [0, 0.05) is 11.9 Å². The van der Waals surface area contributed by atoms with Gasteiger partial charge in [0.15, 0.2) is 0 Å². The quantitative estimate of drug-likeness (QED) is 0.654. The predicted octanol–water partition coefficient (Wildman–Crippen LogP) is 2.84. The maximum atomic E-state index is 12.5. The van der Waals surface area contributed by atoms with Crippen LogP contribution in [0.3, 0.4) is 0 Å². The number of sulfonamides is 1. The van der Waals surface area contributed by atoms with E-state index >= 15 is 0 Å². The van der Waals surface area contributed by atoms with E-state index in [-0.39, 0.29) is 4.90 Å². The molecule has 1 heterocycles. The second kappa shape index (κ2) is 5.41. The summed E-state index contributed by atoms with van der Waals surface area (Å²) in [6.07, 6.45) is 1.57. The van der Waals surface area contributed by atoms with Crippen molar-refractivity contribution in [3.8, 4) is 0 Å². The summed E-state index contributed by atoms with van der Waals surface area (Å²) in [5.41, 5.74) is 7.98. The Morgan fingerprint density at radius 1 is 1.30 bits per heavy atom. The molecule has 5 nitrogen and oxygen atoms in total. The van der Waals surface area contributed by atoms with Crippen molar-refractivity contribution in [2.75, 3.05) is 10.5 Å². The maximum Gasteiger partial charge on any atom is 0.262 e. The van der Waals surface area contributed by atoms with Gasteiger partial charge in [-0.3, -0.25) is 4.72 Å². The zero-order valence-electron chi connectivity index (χ0n) is 11.0. The summed E-state index contributed by atoms with van der Waals surface area (Å²) < 4.78 is 27.9. The number of nitrogens with zero attached hydrogens (tertiary/aromatic N) is 1. The van der Waals surface area contributed by atoms with Crippen LogP contribution in [0.5, 0.6) is 0 Å². The highest BCUT2D eigenvalue weighted by atomic mass is 79.9. The normalized spacial score (nSPS) is 11.3. The van der Waals surface area contributed by atoms with Crippen LogP contribution < -0.4 is 10.5 Å². The first kappa shape index (κ1) is 14.8. The first-order valence-electron chi connectivity index (χ1n) is 5.81. The summed E-state index contributed by atoms with van der Waals surface area (Å²) in [5.74, 6) is 0. The Hall–Kier alpha value is -1.60. The third-order valence-corrected chi connectivity index (χ3v) is 4.96. The SMILES string of the molecule is Cc1cc(N)c(C)c(S(=O)(=O)Nc2cccnc2Br)c1. The van der Waals surface area contributed by atoms with Crippen LogP contribution in [0.25, 0.3) is 0 Å². The monoisotopic (exact) mass is 355 g/mol. The molecule has 0 radical (unpaired) electrons. The van der Waals surface area contributed by atoms with Gasteiger partial charge in [0.1, 0.15) is 4.60 Å². The van der Waals surface area contributed by atoms with Crippen molar-refractivity contribution in [3.63, 3.8) is 0 Å². The summed E-state index contributed by atoms with van der Waals surface area (Å²) >= 11 is 3.21. The molecule has 0 aliphatic rings. The third-order valence-electron chi connectivity index (χ3n) is 2.84. The fourth-order valence-electron chi connectivity index (χ4n) is 1.79. The number of rotatable bonds is 3. The van der Waals surface area contributed by atoms with Crippen molar-refractivity contribution in [2.45, 2.75) is 18.7 Å². The Bertz CT molecular complexity index is 760. The lowest BCUT2D eigenvalue weighted by Gasteiger charge is -2.13. The summed E-state index contributed by atoms with van der Waals surface area (Å²) in [5, 5.41) is 0. The average Bonchev–Trinajstić information content (AvgIpc) is 2.36. The standard InChI is InChI=1S/C13H14BrN3O2S/c1-8-6-10(15)9(2)12(7-8)20(18,19)17-11-4-3-5-16-13(11)14/h3-7,17H,15H2,1-2H3. The van der Waals surface area contributed by atoms with Gasteiger partial charge in [-0.2, -0.15) is 0 Å². The number of nitrogen functional groups attached to an aromatic ring is 1. The Morgan fingerprint density at radius 3 is 2.65 bits per heavy atom. The van der Waals surface area contributed by atoms with Crippen molar-refractivity contribution < 1.29 is 8.42 Å². The molecule has 0 aliphatic carbocycles. The predicted molar refractivity (Wildman–Crippen MR) is 83.1 cm³/mol. The van der Waals surface area contributed by atoms with Gasteiger partial charge in [0.05, 0.1) is 10.6 Å². The van der Waals surface area contributed by atoms with Gasteiger partial charge in [0.25, 0.3) is 10.0 Å². The molecule has 1 aromatic carbocycles. The van der Waals surface area contributed by atoms with Gasteiger partial charge in [0.2, 0.25) is 0 Å². The number of anilines is 2.